The fourth-order valence-corrected chi connectivity index (χ4v) is 1.73. The van der Waals surface area contributed by atoms with E-state index in [9.17, 15) is 0 Å². The molecule has 0 saturated carbocycles. The predicted octanol–water partition coefficient (Wildman–Crippen LogP) is 2.29. The van der Waals surface area contributed by atoms with E-state index in [4.69, 9.17) is 5.26 Å². The fraction of sp³-hybridized carbons (Fsp3) is 0. The van der Waals surface area contributed by atoms with Gasteiger partial charge in [0.05, 0.1) is 17.3 Å². The molecule has 0 spiro atoms. The van der Waals surface area contributed by atoms with Crippen LogP contribution >= 0.6 is 0 Å². The third kappa shape index (κ3) is 1.54. The molecule has 80 valence electrons. The quantitative estimate of drug-likeness (QED) is 0.632. The number of pyridine rings is 1. The molecule has 0 fully saturated rings. The molecule has 0 saturated heterocycles. The molecule has 3 aromatic rings. The highest BCUT2D eigenvalue weighted by Crippen LogP contribution is 2.16. The number of nitrogens with zero attached hydrogens (tertiary/aromatic N) is 4. The smallest absolute Gasteiger partial charge is 0.154 e. The van der Waals surface area contributed by atoms with Crippen LogP contribution in [0.2, 0.25) is 0 Å². The molecule has 0 bridgehead atoms. The van der Waals surface area contributed by atoms with Gasteiger partial charge in [-0.05, 0) is 18.2 Å². The van der Waals surface area contributed by atoms with Crippen molar-refractivity contribution in [3.8, 4) is 11.9 Å². The Morgan fingerprint density at radius 3 is 2.71 bits per heavy atom. The molecule has 2 heterocycles. The molecule has 4 nitrogen and oxygen atoms in total. The van der Waals surface area contributed by atoms with Crippen molar-refractivity contribution in [1.29, 1.82) is 5.26 Å². The number of nitriles is 1. The van der Waals surface area contributed by atoms with Crippen LogP contribution in [0.5, 0.6) is 0 Å². The maximum atomic E-state index is 8.72. The van der Waals surface area contributed by atoms with Gasteiger partial charge in [-0.15, -0.1) is 0 Å². The summed E-state index contributed by atoms with van der Waals surface area (Å²) in [6.07, 6.45) is 3.35. The second-order valence-corrected chi connectivity index (χ2v) is 3.63. The van der Waals surface area contributed by atoms with Gasteiger partial charge in [0.1, 0.15) is 6.07 Å². The van der Waals surface area contributed by atoms with E-state index in [1.807, 2.05) is 30.3 Å². The van der Waals surface area contributed by atoms with Gasteiger partial charge in [0.15, 0.2) is 5.82 Å². The predicted molar refractivity (Wildman–Crippen MR) is 63.6 cm³/mol. The summed E-state index contributed by atoms with van der Waals surface area (Å²) in [4.78, 5) is 4.22. The lowest BCUT2D eigenvalue weighted by Crippen LogP contribution is -1.98. The van der Waals surface area contributed by atoms with Crippen LogP contribution in [0.3, 0.4) is 0 Å². The highest BCUT2D eigenvalue weighted by molar-refractivity contribution is 5.79. The van der Waals surface area contributed by atoms with Crippen molar-refractivity contribution in [2.45, 2.75) is 0 Å². The van der Waals surface area contributed by atoms with Gasteiger partial charge in [-0.25, -0.2) is 9.67 Å². The highest BCUT2D eigenvalue weighted by Gasteiger charge is 2.04. The summed E-state index contributed by atoms with van der Waals surface area (Å²) in [5.41, 5.74) is 1.55. The van der Waals surface area contributed by atoms with Crippen LogP contribution in [-0.2, 0) is 0 Å². The van der Waals surface area contributed by atoms with Crippen molar-refractivity contribution in [1.82, 2.24) is 14.8 Å². The van der Waals surface area contributed by atoms with E-state index in [2.05, 4.69) is 10.1 Å². The Bertz CT molecular complexity index is 704. The number of hydrogen-bond acceptors (Lipinski definition) is 3. The van der Waals surface area contributed by atoms with Gasteiger partial charge in [0.25, 0.3) is 0 Å². The average molecular weight is 220 g/mol. The molecule has 17 heavy (non-hydrogen) atoms. The summed E-state index contributed by atoms with van der Waals surface area (Å²) in [6, 6.07) is 13.5. The zero-order chi connectivity index (χ0) is 11.7. The molecule has 0 aliphatic carbocycles. The third-order valence-electron chi connectivity index (χ3n) is 2.57. The summed E-state index contributed by atoms with van der Waals surface area (Å²) in [5.74, 6) is 0.713. The van der Waals surface area contributed by atoms with Crippen LogP contribution in [0.25, 0.3) is 16.7 Å². The van der Waals surface area contributed by atoms with Crippen LogP contribution < -0.4 is 0 Å². The van der Waals surface area contributed by atoms with Gasteiger partial charge in [-0.3, -0.25) is 0 Å². The molecule has 3 rings (SSSR count). The minimum absolute atomic E-state index is 0.546. The molecular formula is C13H8N4. The number of hydrogen-bond donors (Lipinski definition) is 0. The third-order valence-corrected chi connectivity index (χ3v) is 2.57. The summed E-state index contributed by atoms with van der Waals surface area (Å²) < 4.78 is 1.76. The first-order valence-electron chi connectivity index (χ1n) is 5.18. The Balaban J connectivity index is 2.17. The second kappa shape index (κ2) is 3.72. The molecule has 0 N–H and O–H groups in total. The van der Waals surface area contributed by atoms with Gasteiger partial charge in [-0.2, -0.15) is 10.4 Å². The number of fused-ring (bicyclic) bond motifs is 1. The number of rotatable bonds is 1. The van der Waals surface area contributed by atoms with Crippen LogP contribution in [0, 0.1) is 11.3 Å². The van der Waals surface area contributed by atoms with Gasteiger partial charge in [0.2, 0.25) is 0 Å². The topological polar surface area (TPSA) is 54.5 Å². The molecule has 0 aliphatic rings. The lowest BCUT2D eigenvalue weighted by molar-refractivity contribution is 0.874. The van der Waals surface area contributed by atoms with Gasteiger partial charge in [0, 0.05) is 11.6 Å². The van der Waals surface area contributed by atoms with Crippen molar-refractivity contribution in [2.75, 3.05) is 0 Å². The summed E-state index contributed by atoms with van der Waals surface area (Å²) >= 11 is 0. The summed E-state index contributed by atoms with van der Waals surface area (Å²) in [5, 5.41) is 14.1. The number of para-hydroxylation sites is 1. The SMILES string of the molecule is N#Cc1ccc(-n2ncc3ccccc32)nc1. The lowest BCUT2D eigenvalue weighted by atomic mass is 10.2. The van der Waals surface area contributed by atoms with E-state index >= 15 is 0 Å². The molecule has 1 aromatic carbocycles. The highest BCUT2D eigenvalue weighted by atomic mass is 15.3. The van der Waals surface area contributed by atoms with Gasteiger partial charge < -0.3 is 0 Å². The molecule has 2 aromatic heterocycles. The minimum Gasteiger partial charge on any atom is -0.236 e. The van der Waals surface area contributed by atoms with E-state index in [1.165, 1.54) is 0 Å². The van der Waals surface area contributed by atoms with Crippen molar-refractivity contribution in [2.24, 2.45) is 0 Å². The van der Waals surface area contributed by atoms with Crippen LogP contribution in [-0.4, -0.2) is 14.8 Å². The first-order valence-corrected chi connectivity index (χ1v) is 5.18. The van der Waals surface area contributed by atoms with E-state index in [0.717, 1.165) is 10.9 Å². The Kier molecular flexibility index (Phi) is 2.09. The molecule has 0 atom stereocenters. The molecule has 0 amide bonds. The molecular weight excluding hydrogens is 212 g/mol. The van der Waals surface area contributed by atoms with E-state index in [0.29, 0.717) is 11.4 Å². The average Bonchev–Trinajstić information content (AvgIpc) is 2.83. The van der Waals surface area contributed by atoms with E-state index in [-0.39, 0.29) is 0 Å². The molecule has 0 unspecified atom stereocenters. The lowest BCUT2D eigenvalue weighted by Gasteiger charge is -2.01. The van der Waals surface area contributed by atoms with Crippen LogP contribution in [0.4, 0.5) is 0 Å². The number of benzene rings is 1. The maximum absolute atomic E-state index is 8.72. The van der Waals surface area contributed by atoms with Crippen LogP contribution in [0.15, 0.2) is 48.8 Å². The maximum Gasteiger partial charge on any atom is 0.154 e. The normalized spacial score (nSPS) is 10.3. The van der Waals surface area contributed by atoms with Crippen molar-refractivity contribution in [3.05, 3.63) is 54.4 Å². The monoisotopic (exact) mass is 220 g/mol. The van der Waals surface area contributed by atoms with Gasteiger partial charge in [-0.1, -0.05) is 18.2 Å². The van der Waals surface area contributed by atoms with E-state index < -0.39 is 0 Å². The van der Waals surface area contributed by atoms with Crippen molar-refractivity contribution >= 4 is 10.9 Å². The summed E-state index contributed by atoms with van der Waals surface area (Å²) in [7, 11) is 0. The largest absolute Gasteiger partial charge is 0.236 e. The van der Waals surface area contributed by atoms with E-state index in [1.54, 1.807) is 29.2 Å². The Hall–Kier alpha value is -2.67. The standard InChI is InChI=1S/C13H8N4/c14-7-10-5-6-13(15-8-10)17-12-4-2-1-3-11(12)9-16-17/h1-6,8-9H. The Morgan fingerprint density at radius 2 is 1.94 bits per heavy atom. The second-order valence-electron chi connectivity index (χ2n) is 3.63. The molecule has 0 aliphatic heterocycles. The van der Waals surface area contributed by atoms with Gasteiger partial charge >= 0.3 is 0 Å². The number of aromatic nitrogens is 3. The van der Waals surface area contributed by atoms with Crippen LogP contribution in [0.1, 0.15) is 5.56 Å². The molecule has 0 radical (unpaired) electrons. The first kappa shape index (κ1) is 9.55. The Labute approximate surface area is 97.8 Å². The first-order chi connectivity index (χ1) is 8.38. The van der Waals surface area contributed by atoms with Crippen molar-refractivity contribution < 1.29 is 0 Å². The Morgan fingerprint density at radius 1 is 1.06 bits per heavy atom. The minimum atomic E-state index is 0.546. The fourth-order valence-electron chi connectivity index (χ4n) is 1.73. The van der Waals surface area contributed by atoms with Crippen molar-refractivity contribution in [3.63, 3.8) is 0 Å². The molecule has 4 heteroatoms. The zero-order valence-electron chi connectivity index (χ0n) is 8.91. The summed E-state index contributed by atoms with van der Waals surface area (Å²) in [6.45, 7) is 0. The zero-order valence-corrected chi connectivity index (χ0v) is 8.91.